The van der Waals surface area contributed by atoms with E-state index < -0.39 is 11.6 Å². The minimum Gasteiger partial charge on any atom is -0.479 e. The molecular weight excluding hydrogens is 202 g/mol. The fourth-order valence-corrected chi connectivity index (χ4v) is 2.60. The van der Waals surface area contributed by atoms with Gasteiger partial charge in [0.2, 0.25) is 5.60 Å². The Kier molecular flexibility index (Phi) is 2.28. The van der Waals surface area contributed by atoms with E-state index in [1.54, 1.807) is 6.20 Å². The summed E-state index contributed by atoms with van der Waals surface area (Å²) in [6.07, 6.45) is 2.95. The van der Waals surface area contributed by atoms with Gasteiger partial charge in [0.1, 0.15) is 0 Å². The van der Waals surface area contributed by atoms with E-state index in [-0.39, 0.29) is 0 Å². The lowest BCUT2D eigenvalue weighted by molar-refractivity contribution is -0.160. The Hall–Kier alpha value is -0.940. The molecule has 1 fully saturated rings. The Balaban J connectivity index is 2.41. The Labute approximate surface area is 85.5 Å². The lowest BCUT2D eigenvalue weighted by atomic mass is 9.99. The zero-order valence-electron chi connectivity index (χ0n) is 7.82. The van der Waals surface area contributed by atoms with E-state index in [0.29, 0.717) is 17.9 Å². The van der Waals surface area contributed by atoms with Gasteiger partial charge in [0.15, 0.2) is 0 Å². The highest BCUT2D eigenvalue weighted by Crippen LogP contribution is 2.39. The molecule has 5 heteroatoms. The number of aryl methyl sites for hydroxylation is 1. The number of ether oxygens (including phenoxy) is 1. The van der Waals surface area contributed by atoms with Gasteiger partial charge >= 0.3 is 5.97 Å². The van der Waals surface area contributed by atoms with Crippen molar-refractivity contribution >= 4 is 17.3 Å². The predicted octanol–water partition coefficient (Wildman–Crippen LogP) is 1.54. The fourth-order valence-electron chi connectivity index (χ4n) is 1.66. The summed E-state index contributed by atoms with van der Waals surface area (Å²) in [4.78, 5) is 16.0. The molecule has 0 spiro atoms. The molecule has 0 aliphatic carbocycles. The van der Waals surface area contributed by atoms with Gasteiger partial charge in [-0.15, -0.1) is 11.3 Å². The van der Waals surface area contributed by atoms with Gasteiger partial charge < -0.3 is 9.84 Å². The van der Waals surface area contributed by atoms with Crippen molar-refractivity contribution in [2.24, 2.45) is 0 Å². The summed E-state index contributed by atoms with van der Waals surface area (Å²) in [5.74, 6) is -0.904. The van der Waals surface area contributed by atoms with Gasteiger partial charge in [0.25, 0.3) is 0 Å². The van der Waals surface area contributed by atoms with E-state index in [9.17, 15) is 9.90 Å². The molecule has 1 atom stereocenters. The zero-order chi connectivity index (χ0) is 10.2. The first-order valence-corrected chi connectivity index (χ1v) is 5.27. The minimum absolute atomic E-state index is 0.517. The number of aliphatic carboxylic acids is 1. The van der Waals surface area contributed by atoms with E-state index in [1.807, 2.05) is 6.92 Å². The second-order valence-corrected chi connectivity index (χ2v) is 4.56. The third-order valence-corrected chi connectivity index (χ3v) is 3.44. The van der Waals surface area contributed by atoms with Crippen molar-refractivity contribution in [3.8, 4) is 0 Å². The summed E-state index contributed by atoms with van der Waals surface area (Å²) in [5.41, 5.74) is -1.12. The normalized spacial score (nSPS) is 26.6. The van der Waals surface area contributed by atoms with Gasteiger partial charge in [-0.3, -0.25) is 0 Å². The van der Waals surface area contributed by atoms with E-state index in [4.69, 9.17) is 4.74 Å². The third-order valence-electron chi connectivity index (χ3n) is 2.39. The van der Waals surface area contributed by atoms with Crippen molar-refractivity contribution in [1.29, 1.82) is 0 Å². The van der Waals surface area contributed by atoms with Crippen LogP contribution in [0, 0.1) is 6.92 Å². The number of carboxylic acid groups (broad SMARTS) is 1. The Morgan fingerprint density at radius 1 is 1.79 bits per heavy atom. The van der Waals surface area contributed by atoms with E-state index >= 15 is 0 Å². The third kappa shape index (κ3) is 1.33. The molecule has 1 aliphatic rings. The maximum atomic E-state index is 11.2. The van der Waals surface area contributed by atoms with Gasteiger partial charge in [-0.05, 0) is 19.8 Å². The van der Waals surface area contributed by atoms with E-state index in [0.717, 1.165) is 11.4 Å². The summed E-state index contributed by atoms with van der Waals surface area (Å²) in [6.45, 7) is 2.38. The standard InChI is InChI=1S/C9H11NO3S/c1-6-10-5-7(14-6)9(8(11)12)3-2-4-13-9/h5H,2-4H2,1H3,(H,11,12). The van der Waals surface area contributed by atoms with Crippen molar-refractivity contribution in [2.75, 3.05) is 6.61 Å². The molecule has 2 heterocycles. The molecule has 1 unspecified atom stereocenters. The molecule has 1 aromatic heterocycles. The first-order chi connectivity index (χ1) is 6.65. The molecule has 2 rings (SSSR count). The maximum absolute atomic E-state index is 11.2. The number of aromatic nitrogens is 1. The summed E-state index contributed by atoms with van der Waals surface area (Å²) in [6, 6.07) is 0. The highest BCUT2D eigenvalue weighted by atomic mass is 32.1. The molecule has 4 nitrogen and oxygen atoms in total. The van der Waals surface area contributed by atoms with Gasteiger partial charge in [-0.25, -0.2) is 9.78 Å². The smallest absolute Gasteiger partial charge is 0.341 e. The molecule has 1 N–H and O–H groups in total. The van der Waals surface area contributed by atoms with Gasteiger partial charge in [-0.1, -0.05) is 0 Å². The second kappa shape index (κ2) is 3.33. The van der Waals surface area contributed by atoms with Crippen LogP contribution >= 0.6 is 11.3 Å². The molecule has 14 heavy (non-hydrogen) atoms. The van der Waals surface area contributed by atoms with Crippen molar-refractivity contribution < 1.29 is 14.6 Å². The van der Waals surface area contributed by atoms with Crippen LogP contribution in [0.25, 0.3) is 0 Å². The lowest BCUT2D eigenvalue weighted by Gasteiger charge is -2.20. The second-order valence-electron chi connectivity index (χ2n) is 3.33. The van der Waals surface area contributed by atoms with Crippen molar-refractivity contribution in [3.63, 3.8) is 0 Å². The number of hydrogen-bond acceptors (Lipinski definition) is 4. The molecule has 0 radical (unpaired) electrons. The molecule has 0 amide bonds. The average Bonchev–Trinajstić information content (AvgIpc) is 2.71. The fraction of sp³-hybridized carbons (Fsp3) is 0.556. The Morgan fingerprint density at radius 2 is 2.57 bits per heavy atom. The first kappa shape index (κ1) is 9.61. The first-order valence-electron chi connectivity index (χ1n) is 4.45. The van der Waals surface area contributed by atoms with Crippen LogP contribution in [0.2, 0.25) is 0 Å². The number of nitrogens with zero attached hydrogens (tertiary/aromatic N) is 1. The molecule has 0 bridgehead atoms. The maximum Gasteiger partial charge on any atom is 0.341 e. The average molecular weight is 213 g/mol. The van der Waals surface area contributed by atoms with Crippen molar-refractivity contribution in [2.45, 2.75) is 25.4 Å². The van der Waals surface area contributed by atoms with Crippen LogP contribution in [-0.4, -0.2) is 22.7 Å². The predicted molar refractivity (Wildman–Crippen MR) is 51.4 cm³/mol. The molecular formula is C9H11NO3S. The summed E-state index contributed by atoms with van der Waals surface area (Å²) < 4.78 is 5.37. The molecule has 1 aromatic rings. The minimum atomic E-state index is -1.12. The van der Waals surface area contributed by atoms with Crippen LogP contribution in [0.1, 0.15) is 22.7 Å². The number of thiazole rings is 1. The van der Waals surface area contributed by atoms with Crippen LogP contribution < -0.4 is 0 Å². The number of carbonyl (C=O) groups is 1. The molecule has 1 saturated heterocycles. The van der Waals surface area contributed by atoms with Crippen LogP contribution in [-0.2, 0) is 15.1 Å². The SMILES string of the molecule is Cc1ncc(C2(C(=O)O)CCCO2)s1. The van der Waals surface area contributed by atoms with Crippen LogP contribution in [0.15, 0.2) is 6.20 Å². The summed E-state index contributed by atoms with van der Waals surface area (Å²) >= 11 is 1.40. The topological polar surface area (TPSA) is 59.4 Å². The monoisotopic (exact) mass is 213 g/mol. The van der Waals surface area contributed by atoms with Gasteiger partial charge in [-0.2, -0.15) is 0 Å². The molecule has 1 aliphatic heterocycles. The number of hydrogen-bond donors (Lipinski definition) is 1. The molecule has 76 valence electrons. The summed E-state index contributed by atoms with van der Waals surface area (Å²) in [5, 5.41) is 10.1. The quantitative estimate of drug-likeness (QED) is 0.809. The Bertz CT molecular complexity index is 355. The van der Waals surface area contributed by atoms with Crippen molar-refractivity contribution in [1.82, 2.24) is 4.98 Å². The van der Waals surface area contributed by atoms with Gasteiger partial charge in [0, 0.05) is 12.8 Å². The van der Waals surface area contributed by atoms with E-state index in [2.05, 4.69) is 4.98 Å². The van der Waals surface area contributed by atoms with Crippen LogP contribution in [0.4, 0.5) is 0 Å². The zero-order valence-corrected chi connectivity index (χ0v) is 8.63. The molecule has 0 aromatic carbocycles. The molecule has 0 saturated carbocycles. The summed E-state index contributed by atoms with van der Waals surface area (Å²) in [7, 11) is 0. The largest absolute Gasteiger partial charge is 0.479 e. The van der Waals surface area contributed by atoms with Gasteiger partial charge in [0.05, 0.1) is 9.88 Å². The van der Waals surface area contributed by atoms with Crippen LogP contribution in [0.5, 0.6) is 0 Å². The highest BCUT2D eigenvalue weighted by molar-refractivity contribution is 7.11. The van der Waals surface area contributed by atoms with Crippen molar-refractivity contribution in [3.05, 3.63) is 16.1 Å². The lowest BCUT2D eigenvalue weighted by Crippen LogP contribution is -2.33. The number of carboxylic acids is 1. The van der Waals surface area contributed by atoms with Crippen LogP contribution in [0.3, 0.4) is 0 Å². The Morgan fingerprint density at radius 3 is 3.00 bits per heavy atom. The highest BCUT2D eigenvalue weighted by Gasteiger charge is 2.46. The number of rotatable bonds is 2. The van der Waals surface area contributed by atoms with E-state index in [1.165, 1.54) is 11.3 Å².